The Morgan fingerprint density at radius 2 is 1.97 bits per heavy atom. The minimum Gasteiger partial charge on any atom is -0.491 e. The first kappa shape index (κ1) is 21.9. The lowest BCUT2D eigenvalue weighted by Gasteiger charge is -2.27. The second-order valence-corrected chi connectivity index (χ2v) is 7.10. The van der Waals surface area contributed by atoms with E-state index >= 15 is 0 Å². The second kappa shape index (κ2) is 10.8. The third kappa shape index (κ3) is 6.35. The van der Waals surface area contributed by atoms with E-state index in [1.807, 2.05) is 36.4 Å². The molecule has 4 N–H and O–H groups in total. The van der Waals surface area contributed by atoms with Gasteiger partial charge in [-0.2, -0.15) is 0 Å². The first-order valence-corrected chi connectivity index (χ1v) is 9.87. The summed E-state index contributed by atoms with van der Waals surface area (Å²) in [5.74, 6) is 1.67. The molecule has 3 atom stereocenters. The molecular formula is C22H28N2O6. The van der Waals surface area contributed by atoms with E-state index in [9.17, 15) is 9.90 Å². The first-order chi connectivity index (χ1) is 14.5. The zero-order chi connectivity index (χ0) is 21.3. The third-order valence-electron chi connectivity index (χ3n) is 4.64. The molecule has 0 saturated heterocycles. The average Bonchev–Trinajstić information content (AvgIpc) is 2.78. The van der Waals surface area contributed by atoms with E-state index in [0.717, 1.165) is 17.1 Å². The van der Waals surface area contributed by atoms with Crippen LogP contribution in [0.4, 0.5) is 0 Å². The number of nitrogens with one attached hydrogen (secondary N) is 1. The van der Waals surface area contributed by atoms with Gasteiger partial charge in [0.2, 0.25) is 0 Å². The van der Waals surface area contributed by atoms with Crippen molar-refractivity contribution >= 4 is 5.97 Å². The number of nitrogens with two attached hydrogens (primary N) is 1. The van der Waals surface area contributed by atoms with E-state index in [0.29, 0.717) is 31.9 Å². The molecule has 0 aliphatic carbocycles. The van der Waals surface area contributed by atoms with Crippen LogP contribution in [-0.2, 0) is 16.0 Å². The predicted octanol–water partition coefficient (Wildman–Crippen LogP) is 0.899. The summed E-state index contributed by atoms with van der Waals surface area (Å²) in [5, 5.41) is 13.3. The molecule has 3 rings (SSSR count). The number of carbonyl (C=O) groups is 1. The van der Waals surface area contributed by atoms with E-state index in [-0.39, 0.29) is 12.7 Å². The normalized spacial score (nSPS) is 17.1. The number of benzene rings is 2. The van der Waals surface area contributed by atoms with Crippen molar-refractivity contribution in [2.75, 3.05) is 33.4 Å². The van der Waals surface area contributed by atoms with Crippen molar-refractivity contribution in [2.24, 2.45) is 5.73 Å². The maximum Gasteiger partial charge on any atom is 0.322 e. The van der Waals surface area contributed by atoms with Gasteiger partial charge in [0.05, 0.1) is 7.11 Å². The summed E-state index contributed by atoms with van der Waals surface area (Å²) in [5.41, 5.74) is 6.66. The lowest BCUT2D eigenvalue weighted by atomic mass is 10.1. The largest absolute Gasteiger partial charge is 0.491 e. The minimum absolute atomic E-state index is 0.114. The number of esters is 1. The molecule has 0 amide bonds. The maximum absolute atomic E-state index is 11.4. The highest BCUT2D eigenvalue weighted by atomic mass is 16.6. The Kier molecular flexibility index (Phi) is 7.89. The van der Waals surface area contributed by atoms with Gasteiger partial charge < -0.3 is 35.1 Å². The SMILES string of the molecule is COC(=O)[C@H](N)Cc1ccc(OC[C@@H](O)CNCC2COc3ccccc3O2)cc1. The van der Waals surface area contributed by atoms with Crippen LogP contribution in [0.2, 0.25) is 0 Å². The first-order valence-electron chi connectivity index (χ1n) is 9.87. The zero-order valence-corrected chi connectivity index (χ0v) is 17.0. The summed E-state index contributed by atoms with van der Waals surface area (Å²) >= 11 is 0. The average molecular weight is 416 g/mol. The van der Waals surface area contributed by atoms with Crippen LogP contribution in [0.25, 0.3) is 0 Å². The molecule has 0 fully saturated rings. The fourth-order valence-electron chi connectivity index (χ4n) is 3.04. The third-order valence-corrected chi connectivity index (χ3v) is 4.64. The number of aliphatic hydroxyl groups is 1. The van der Waals surface area contributed by atoms with E-state index in [1.165, 1.54) is 7.11 Å². The van der Waals surface area contributed by atoms with Crippen LogP contribution in [0.5, 0.6) is 17.2 Å². The Morgan fingerprint density at radius 3 is 2.70 bits per heavy atom. The Balaban J connectivity index is 1.34. The monoisotopic (exact) mass is 416 g/mol. The van der Waals surface area contributed by atoms with Gasteiger partial charge in [-0.05, 0) is 36.2 Å². The number of ether oxygens (including phenoxy) is 4. The molecule has 0 saturated carbocycles. The molecule has 2 aromatic rings. The Labute approximate surface area is 175 Å². The number of hydrogen-bond donors (Lipinski definition) is 3. The van der Waals surface area contributed by atoms with Crippen molar-refractivity contribution < 1.29 is 28.8 Å². The van der Waals surface area contributed by atoms with Crippen LogP contribution in [0.1, 0.15) is 5.56 Å². The van der Waals surface area contributed by atoms with Crippen molar-refractivity contribution in [1.82, 2.24) is 5.32 Å². The molecule has 1 aliphatic heterocycles. The van der Waals surface area contributed by atoms with Crippen LogP contribution in [0.15, 0.2) is 48.5 Å². The Morgan fingerprint density at radius 1 is 1.23 bits per heavy atom. The lowest BCUT2D eigenvalue weighted by Crippen LogP contribution is -2.41. The quantitative estimate of drug-likeness (QED) is 0.490. The van der Waals surface area contributed by atoms with Crippen molar-refractivity contribution in [1.29, 1.82) is 0 Å². The molecular weight excluding hydrogens is 388 g/mol. The van der Waals surface area contributed by atoms with Gasteiger partial charge >= 0.3 is 5.97 Å². The highest BCUT2D eigenvalue weighted by molar-refractivity contribution is 5.75. The summed E-state index contributed by atoms with van der Waals surface area (Å²) in [7, 11) is 1.31. The molecule has 0 spiro atoms. The summed E-state index contributed by atoms with van der Waals surface area (Å²) in [4.78, 5) is 11.4. The predicted molar refractivity (Wildman–Crippen MR) is 111 cm³/mol. The fraction of sp³-hybridized carbons (Fsp3) is 0.409. The molecule has 30 heavy (non-hydrogen) atoms. The van der Waals surface area contributed by atoms with E-state index in [1.54, 1.807) is 12.1 Å². The summed E-state index contributed by atoms with van der Waals surface area (Å²) in [6.07, 6.45) is -0.400. The van der Waals surface area contributed by atoms with Gasteiger partial charge in [0.25, 0.3) is 0 Å². The molecule has 1 aliphatic rings. The molecule has 0 aromatic heterocycles. The lowest BCUT2D eigenvalue weighted by molar-refractivity contribution is -0.142. The van der Waals surface area contributed by atoms with E-state index in [4.69, 9.17) is 19.9 Å². The highest BCUT2D eigenvalue weighted by Crippen LogP contribution is 2.30. The molecule has 8 nitrogen and oxygen atoms in total. The van der Waals surface area contributed by atoms with Crippen molar-refractivity contribution in [3.05, 3.63) is 54.1 Å². The Bertz CT molecular complexity index is 814. The van der Waals surface area contributed by atoms with Crippen molar-refractivity contribution in [3.8, 4) is 17.2 Å². The van der Waals surface area contributed by atoms with Gasteiger partial charge in [0, 0.05) is 13.1 Å². The second-order valence-electron chi connectivity index (χ2n) is 7.10. The molecule has 162 valence electrons. The minimum atomic E-state index is -0.693. The van der Waals surface area contributed by atoms with Crippen LogP contribution < -0.4 is 25.3 Å². The standard InChI is InChI=1S/C22H28N2O6/c1-27-22(26)19(23)10-15-6-8-17(9-7-15)28-13-16(25)11-24-12-18-14-29-20-4-2-3-5-21(20)30-18/h2-9,16,18-19,24-25H,10-14,23H2,1H3/t16-,18?,19+/m0/s1. The molecule has 8 heteroatoms. The zero-order valence-electron chi connectivity index (χ0n) is 17.0. The fourth-order valence-corrected chi connectivity index (χ4v) is 3.04. The van der Waals surface area contributed by atoms with Crippen LogP contribution >= 0.6 is 0 Å². The molecule has 0 bridgehead atoms. The molecule has 0 radical (unpaired) electrons. The summed E-state index contributed by atoms with van der Waals surface area (Å²) < 4.78 is 21.8. The highest BCUT2D eigenvalue weighted by Gasteiger charge is 2.20. The number of hydrogen-bond acceptors (Lipinski definition) is 8. The van der Waals surface area contributed by atoms with Crippen LogP contribution in [0.3, 0.4) is 0 Å². The number of methoxy groups -OCH3 is 1. The number of para-hydroxylation sites is 2. The number of carbonyl (C=O) groups excluding carboxylic acids is 1. The Hall–Kier alpha value is -2.81. The number of aliphatic hydroxyl groups excluding tert-OH is 1. The van der Waals surface area contributed by atoms with E-state index in [2.05, 4.69) is 10.1 Å². The molecule has 1 heterocycles. The summed E-state index contributed by atoms with van der Waals surface area (Å²) in [6, 6.07) is 14.1. The molecule has 2 aromatic carbocycles. The van der Waals surface area contributed by atoms with Gasteiger partial charge in [-0.3, -0.25) is 4.79 Å². The maximum atomic E-state index is 11.4. The topological polar surface area (TPSA) is 112 Å². The van der Waals surface area contributed by atoms with Gasteiger partial charge in [0.1, 0.15) is 37.2 Å². The van der Waals surface area contributed by atoms with Crippen molar-refractivity contribution in [2.45, 2.75) is 24.7 Å². The van der Waals surface area contributed by atoms with Gasteiger partial charge in [-0.1, -0.05) is 24.3 Å². The van der Waals surface area contributed by atoms with Crippen LogP contribution in [0, 0.1) is 0 Å². The summed E-state index contributed by atoms with van der Waals surface area (Å²) in [6.45, 7) is 1.54. The smallest absolute Gasteiger partial charge is 0.322 e. The number of fused-ring (bicyclic) bond motifs is 1. The molecule has 1 unspecified atom stereocenters. The van der Waals surface area contributed by atoms with Gasteiger partial charge in [0.15, 0.2) is 11.5 Å². The van der Waals surface area contributed by atoms with Gasteiger partial charge in [-0.15, -0.1) is 0 Å². The van der Waals surface area contributed by atoms with Crippen molar-refractivity contribution in [3.63, 3.8) is 0 Å². The van der Waals surface area contributed by atoms with Crippen LogP contribution in [-0.4, -0.2) is 62.7 Å². The van der Waals surface area contributed by atoms with Gasteiger partial charge in [-0.25, -0.2) is 0 Å². The van der Waals surface area contributed by atoms with E-state index < -0.39 is 18.1 Å². The number of rotatable bonds is 10.